The van der Waals surface area contributed by atoms with Gasteiger partial charge in [0.25, 0.3) is 5.91 Å². The molecule has 0 fully saturated rings. The van der Waals surface area contributed by atoms with Gasteiger partial charge in [-0.15, -0.1) is 0 Å². The smallest absolute Gasteiger partial charge is 0.269 e. The SMILES string of the molecule is O=C(NCCOc1ccc2c(c1)CCC2)c1c[nH]c(=S)n1-c1ccccc1. The van der Waals surface area contributed by atoms with Crippen molar-refractivity contribution in [3.05, 3.63) is 76.3 Å². The van der Waals surface area contributed by atoms with Crippen LogP contribution in [-0.2, 0) is 12.8 Å². The molecule has 0 saturated carbocycles. The zero-order chi connectivity index (χ0) is 18.6. The van der Waals surface area contributed by atoms with Gasteiger partial charge in [-0.05, 0) is 66.9 Å². The number of benzene rings is 2. The summed E-state index contributed by atoms with van der Waals surface area (Å²) in [6, 6.07) is 15.8. The minimum atomic E-state index is -0.191. The molecule has 1 aliphatic carbocycles. The third-order valence-electron chi connectivity index (χ3n) is 4.75. The standard InChI is InChI=1S/C21H21N3O2S/c25-20(19-14-23-21(27)24(19)17-7-2-1-3-8-17)22-11-12-26-18-10-9-15-5-4-6-16(15)13-18/h1-3,7-10,13-14H,4-6,11-12H2,(H,22,25)(H,23,27). The molecule has 27 heavy (non-hydrogen) atoms. The zero-order valence-corrected chi connectivity index (χ0v) is 15.7. The summed E-state index contributed by atoms with van der Waals surface area (Å²) in [6.45, 7) is 0.837. The molecule has 0 saturated heterocycles. The van der Waals surface area contributed by atoms with E-state index in [1.165, 1.54) is 17.5 Å². The highest BCUT2D eigenvalue weighted by Crippen LogP contribution is 2.25. The summed E-state index contributed by atoms with van der Waals surface area (Å²) < 4.78 is 8.00. The summed E-state index contributed by atoms with van der Waals surface area (Å²) >= 11 is 5.32. The van der Waals surface area contributed by atoms with Crippen molar-refractivity contribution >= 4 is 18.1 Å². The van der Waals surface area contributed by atoms with Crippen molar-refractivity contribution in [2.75, 3.05) is 13.2 Å². The third kappa shape index (κ3) is 3.80. The number of rotatable bonds is 6. The summed E-state index contributed by atoms with van der Waals surface area (Å²) in [4.78, 5) is 15.5. The average molecular weight is 379 g/mol. The number of aromatic amines is 1. The van der Waals surface area contributed by atoms with E-state index in [-0.39, 0.29) is 5.91 Å². The Hall–Kier alpha value is -2.86. The number of nitrogens with one attached hydrogen (secondary N) is 2. The zero-order valence-electron chi connectivity index (χ0n) is 14.9. The molecule has 0 atom stereocenters. The first-order valence-corrected chi connectivity index (χ1v) is 9.52. The minimum absolute atomic E-state index is 0.191. The van der Waals surface area contributed by atoms with Crippen LogP contribution >= 0.6 is 12.2 Å². The molecule has 6 heteroatoms. The molecule has 2 aromatic carbocycles. The summed E-state index contributed by atoms with van der Waals surface area (Å²) in [5.74, 6) is 0.669. The predicted octanol–water partition coefficient (Wildman–Crippen LogP) is 3.83. The Kier molecular flexibility index (Phi) is 5.07. The second-order valence-electron chi connectivity index (χ2n) is 6.54. The van der Waals surface area contributed by atoms with Crippen LogP contribution in [0.2, 0.25) is 0 Å². The van der Waals surface area contributed by atoms with Gasteiger partial charge in [0.2, 0.25) is 0 Å². The van der Waals surface area contributed by atoms with Gasteiger partial charge in [-0.2, -0.15) is 0 Å². The van der Waals surface area contributed by atoms with Gasteiger partial charge in [-0.25, -0.2) is 0 Å². The maximum absolute atomic E-state index is 12.6. The number of aryl methyl sites for hydroxylation is 2. The molecule has 4 rings (SSSR count). The molecule has 0 bridgehead atoms. The molecule has 1 aliphatic rings. The number of amides is 1. The third-order valence-corrected chi connectivity index (χ3v) is 5.05. The fourth-order valence-electron chi connectivity index (χ4n) is 3.43. The number of imidazole rings is 1. The monoisotopic (exact) mass is 379 g/mol. The van der Waals surface area contributed by atoms with Gasteiger partial charge in [0.05, 0.1) is 6.54 Å². The number of hydrogen-bond acceptors (Lipinski definition) is 3. The van der Waals surface area contributed by atoms with Crippen LogP contribution in [0.1, 0.15) is 28.0 Å². The molecule has 0 unspecified atom stereocenters. The van der Waals surface area contributed by atoms with E-state index in [1.807, 2.05) is 36.4 Å². The Labute approximate surface area is 163 Å². The highest BCUT2D eigenvalue weighted by Gasteiger charge is 2.14. The predicted molar refractivity (Wildman–Crippen MR) is 107 cm³/mol. The first kappa shape index (κ1) is 17.5. The maximum atomic E-state index is 12.6. The van der Waals surface area contributed by atoms with E-state index < -0.39 is 0 Å². The van der Waals surface area contributed by atoms with E-state index in [4.69, 9.17) is 17.0 Å². The first-order valence-electron chi connectivity index (χ1n) is 9.11. The topological polar surface area (TPSA) is 59.0 Å². The van der Waals surface area contributed by atoms with Crippen LogP contribution in [-0.4, -0.2) is 28.6 Å². The van der Waals surface area contributed by atoms with Crippen LogP contribution in [0, 0.1) is 4.77 Å². The number of nitrogens with zero attached hydrogens (tertiary/aromatic N) is 1. The van der Waals surface area contributed by atoms with E-state index in [9.17, 15) is 4.79 Å². The quantitative estimate of drug-likeness (QED) is 0.505. The number of carbonyl (C=O) groups excluding carboxylic acids is 1. The number of hydrogen-bond donors (Lipinski definition) is 2. The Morgan fingerprint density at radius 2 is 1.96 bits per heavy atom. The molecule has 0 spiro atoms. The summed E-state index contributed by atoms with van der Waals surface area (Å²) in [5.41, 5.74) is 4.13. The molecule has 0 radical (unpaired) electrons. The van der Waals surface area contributed by atoms with Crippen molar-refractivity contribution in [2.45, 2.75) is 19.3 Å². The van der Waals surface area contributed by atoms with Gasteiger partial charge in [0.15, 0.2) is 4.77 Å². The average Bonchev–Trinajstić information content (AvgIpc) is 3.31. The lowest BCUT2D eigenvalue weighted by Crippen LogP contribution is -2.29. The van der Waals surface area contributed by atoms with Crippen LogP contribution in [0.5, 0.6) is 5.75 Å². The fraction of sp³-hybridized carbons (Fsp3) is 0.238. The van der Waals surface area contributed by atoms with Crippen molar-refractivity contribution in [3.8, 4) is 11.4 Å². The van der Waals surface area contributed by atoms with Crippen molar-refractivity contribution in [2.24, 2.45) is 0 Å². The lowest BCUT2D eigenvalue weighted by Gasteiger charge is -2.11. The number of H-pyrrole nitrogens is 1. The molecule has 1 amide bonds. The molecule has 138 valence electrons. The van der Waals surface area contributed by atoms with E-state index in [0.717, 1.165) is 24.3 Å². The van der Waals surface area contributed by atoms with Crippen LogP contribution < -0.4 is 10.1 Å². The highest BCUT2D eigenvalue weighted by atomic mass is 32.1. The van der Waals surface area contributed by atoms with Crippen molar-refractivity contribution in [1.29, 1.82) is 0 Å². The van der Waals surface area contributed by atoms with Crippen LogP contribution in [0.3, 0.4) is 0 Å². The molecular formula is C21H21N3O2S. The van der Waals surface area contributed by atoms with Gasteiger partial charge >= 0.3 is 0 Å². The van der Waals surface area contributed by atoms with Crippen LogP contribution in [0.25, 0.3) is 5.69 Å². The molecule has 1 aromatic heterocycles. The van der Waals surface area contributed by atoms with Gasteiger partial charge in [0.1, 0.15) is 18.1 Å². The van der Waals surface area contributed by atoms with E-state index >= 15 is 0 Å². The minimum Gasteiger partial charge on any atom is -0.492 e. The largest absolute Gasteiger partial charge is 0.492 e. The van der Waals surface area contributed by atoms with E-state index in [1.54, 1.807) is 10.8 Å². The van der Waals surface area contributed by atoms with Crippen molar-refractivity contribution < 1.29 is 9.53 Å². The number of carbonyl (C=O) groups is 1. The van der Waals surface area contributed by atoms with Gasteiger partial charge < -0.3 is 15.0 Å². The summed E-state index contributed by atoms with van der Waals surface area (Å²) in [5, 5.41) is 2.89. The van der Waals surface area contributed by atoms with Gasteiger partial charge in [0, 0.05) is 11.9 Å². The molecule has 2 N–H and O–H groups in total. The summed E-state index contributed by atoms with van der Waals surface area (Å²) in [6.07, 6.45) is 5.14. The lowest BCUT2D eigenvalue weighted by molar-refractivity contribution is 0.0940. The number of fused-ring (bicyclic) bond motifs is 1. The van der Waals surface area contributed by atoms with Crippen LogP contribution in [0.4, 0.5) is 0 Å². The van der Waals surface area contributed by atoms with Crippen LogP contribution in [0.15, 0.2) is 54.7 Å². The Morgan fingerprint density at radius 1 is 1.15 bits per heavy atom. The molecule has 3 aromatic rings. The van der Waals surface area contributed by atoms with Gasteiger partial charge in [-0.3, -0.25) is 9.36 Å². The molecular weight excluding hydrogens is 358 g/mol. The van der Waals surface area contributed by atoms with E-state index in [0.29, 0.717) is 23.6 Å². The number of para-hydroxylation sites is 1. The van der Waals surface area contributed by atoms with Crippen molar-refractivity contribution in [1.82, 2.24) is 14.9 Å². The highest BCUT2D eigenvalue weighted by molar-refractivity contribution is 7.71. The molecule has 0 aliphatic heterocycles. The summed E-state index contributed by atoms with van der Waals surface area (Å²) in [7, 11) is 0. The lowest BCUT2D eigenvalue weighted by atomic mass is 10.1. The second kappa shape index (κ2) is 7.80. The Balaban J connectivity index is 1.36. The Morgan fingerprint density at radius 3 is 2.81 bits per heavy atom. The fourth-order valence-corrected chi connectivity index (χ4v) is 3.69. The maximum Gasteiger partial charge on any atom is 0.269 e. The first-order chi connectivity index (χ1) is 13.2. The molecule has 1 heterocycles. The number of ether oxygens (including phenoxy) is 1. The Bertz CT molecular complexity index is 1010. The second-order valence-corrected chi connectivity index (χ2v) is 6.93. The van der Waals surface area contributed by atoms with Crippen molar-refractivity contribution in [3.63, 3.8) is 0 Å². The normalized spacial score (nSPS) is 12.6. The van der Waals surface area contributed by atoms with Gasteiger partial charge in [-0.1, -0.05) is 24.3 Å². The number of aromatic nitrogens is 2. The van der Waals surface area contributed by atoms with E-state index in [2.05, 4.69) is 22.4 Å². The molecule has 5 nitrogen and oxygen atoms in total.